The Morgan fingerprint density at radius 2 is 1.55 bits per heavy atom. The molecule has 0 fully saturated rings. The lowest BCUT2D eigenvalue weighted by molar-refractivity contribution is -0.125. The average Bonchev–Trinajstić information content (AvgIpc) is 2.45. The summed E-state index contributed by atoms with van der Waals surface area (Å²) in [4.78, 5) is 22.8. The van der Waals surface area contributed by atoms with E-state index in [1.807, 2.05) is 0 Å². The molecule has 20 heavy (non-hydrogen) atoms. The van der Waals surface area contributed by atoms with Gasteiger partial charge in [0, 0.05) is 0 Å². The van der Waals surface area contributed by atoms with Gasteiger partial charge in [0.25, 0.3) is 5.91 Å². The van der Waals surface area contributed by atoms with Crippen molar-refractivity contribution in [1.29, 1.82) is 0 Å². The summed E-state index contributed by atoms with van der Waals surface area (Å²) in [6, 6.07) is 2.86. The van der Waals surface area contributed by atoms with E-state index < -0.39 is 18.0 Å². The molecule has 1 unspecified atom stereocenters. The van der Waals surface area contributed by atoms with E-state index >= 15 is 0 Å². The van der Waals surface area contributed by atoms with E-state index in [0.717, 1.165) is 0 Å². The number of carbonyl (C=O) groups excluding carboxylic acids is 2. The largest absolute Gasteiger partial charge is 0.493 e. The molecule has 1 atom stereocenters. The highest BCUT2D eigenvalue weighted by atomic mass is 16.5. The lowest BCUT2D eigenvalue weighted by atomic mass is 10.2. The third-order valence-corrected chi connectivity index (χ3v) is 2.58. The predicted octanol–water partition coefficient (Wildman–Crippen LogP) is 0.743. The zero-order chi connectivity index (χ0) is 15.3. The van der Waals surface area contributed by atoms with Gasteiger partial charge in [-0.1, -0.05) is 0 Å². The number of benzene rings is 1. The van der Waals surface area contributed by atoms with E-state index in [-0.39, 0.29) is 5.56 Å². The molecule has 0 aliphatic rings. The van der Waals surface area contributed by atoms with Crippen molar-refractivity contribution in [3.63, 3.8) is 0 Å². The number of ether oxygens (including phenoxy) is 4. The SMILES string of the molecule is COc1cc(C(=O)OC(C)C(N)=O)cc(OC)c1OC. The van der Waals surface area contributed by atoms with Crippen molar-refractivity contribution in [1.82, 2.24) is 0 Å². The Hall–Kier alpha value is -2.44. The molecule has 0 saturated heterocycles. The second kappa shape index (κ2) is 6.65. The molecule has 0 aliphatic heterocycles. The molecule has 0 aliphatic carbocycles. The van der Waals surface area contributed by atoms with E-state index in [9.17, 15) is 9.59 Å². The maximum Gasteiger partial charge on any atom is 0.339 e. The number of esters is 1. The standard InChI is InChI=1S/C13H17NO6/c1-7(12(14)15)20-13(16)8-5-9(17-2)11(19-4)10(6-8)18-3/h5-7H,1-4H3,(H2,14,15). The smallest absolute Gasteiger partial charge is 0.339 e. The zero-order valence-electron chi connectivity index (χ0n) is 11.8. The Kier molecular flexibility index (Phi) is 5.19. The minimum atomic E-state index is -1.03. The van der Waals surface area contributed by atoms with Gasteiger partial charge in [-0.3, -0.25) is 4.79 Å². The van der Waals surface area contributed by atoms with Crippen LogP contribution in [0.1, 0.15) is 17.3 Å². The summed E-state index contributed by atoms with van der Waals surface area (Å²) in [5.41, 5.74) is 5.19. The Morgan fingerprint density at radius 1 is 1.05 bits per heavy atom. The van der Waals surface area contributed by atoms with Crippen LogP contribution in [0.25, 0.3) is 0 Å². The number of nitrogens with two attached hydrogens (primary N) is 1. The highest BCUT2D eigenvalue weighted by molar-refractivity contribution is 5.93. The molecule has 110 valence electrons. The highest BCUT2D eigenvalue weighted by Crippen LogP contribution is 2.38. The number of carbonyl (C=O) groups is 2. The van der Waals surface area contributed by atoms with Crippen LogP contribution in [0.3, 0.4) is 0 Å². The second-order valence-corrected chi connectivity index (χ2v) is 3.86. The van der Waals surface area contributed by atoms with Crippen LogP contribution in [-0.2, 0) is 9.53 Å². The Labute approximate surface area is 116 Å². The molecule has 0 heterocycles. The van der Waals surface area contributed by atoms with Gasteiger partial charge < -0.3 is 24.7 Å². The van der Waals surface area contributed by atoms with Crippen LogP contribution in [0, 0.1) is 0 Å². The van der Waals surface area contributed by atoms with Gasteiger partial charge in [-0.15, -0.1) is 0 Å². The fourth-order valence-corrected chi connectivity index (χ4v) is 1.49. The summed E-state index contributed by atoms with van der Waals surface area (Å²) >= 11 is 0. The monoisotopic (exact) mass is 283 g/mol. The van der Waals surface area contributed by atoms with Crippen LogP contribution in [0.4, 0.5) is 0 Å². The average molecular weight is 283 g/mol. The Morgan fingerprint density at radius 3 is 1.90 bits per heavy atom. The van der Waals surface area contributed by atoms with Gasteiger partial charge in [-0.2, -0.15) is 0 Å². The summed E-state index contributed by atoms with van der Waals surface area (Å²) in [7, 11) is 4.31. The van der Waals surface area contributed by atoms with E-state index in [4.69, 9.17) is 24.7 Å². The Balaban J connectivity index is 3.13. The summed E-state index contributed by atoms with van der Waals surface area (Å²) in [5, 5.41) is 0. The highest BCUT2D eigenvalue weighted by Gasteiger charge is 2.20. The van der Waals surface area contributed by atoms with Gasteiger partial charge in [0.1, 0.15) is 0 Å². The molecule has 0 aromatic heterocycles. The molecular weight excluding hydrogens is 266 g/mol. The van der Waals surface area contributed by atoms with Crippen molar-refractivity contribution in [3.8, 4) is 17.2 Å². The van der Waals surface area contributed by atoms with E-state index in [2.05, 4.69) is 0 Å². The number of rotatable bonds is 6. The third-order valence-electron chi connectivity index (χ3n) is 2.58. The fourth-order valence-electron chi connectivity index (χ4n) is 1.49. The van der Waals surface area contributed by atoms with Crippen molar-refractivity contribution < 1.29 is 28.5 Å². The van der Waals surface area contributed by atoms with Crippen LogP contribution in [0.5, 0.6) is 17.2 Å². The van der Waals surface area contributed by atoms with Crippen molar-refractivity contribution in [2.45, 2.75) is 13.0 Å². The summed E-state index contributed by atoms with van der Waals surface area (Å²) < 4.78 is 20.3. The van der Waals surface area contributed by atoms with Gasteiger partial charge in [0.15, 0.2) is 17.6 Å². The van der Waals surface area contributed by atoms with E-state index in [1.54, 1.807) is 0 Å². The molecule has 1 aromatic rings. The molecule has 2 N–H and O–H groups in total. The van der Waals surface area contributed by atoms with Gasteiger partial charge >= 0.3 is 5.97 Å². The van der Waals surface area contributed by atoms with Crippen LogP contribution >= 0.6 is 0 Å². The molecule has 0 saturated carbocycles. The van der Waals surface area contributed by atoms with Crippen molar-refractivity contribution in [2.75, 3.05) is 21.3 Å². The van der Waals surface area contributed by atoms with Crippen LogP contribution in [-0.4, -0.2) is 39.3 Å². The molecule has 1 amide bonds. The topological polar surface area (TPSA) is 97.1 Å². The molecule has 0 bridgehead atoms. The lowest BCUT2D eigenvalue weighted by Crippen LogP contribution is -2.30. The summed E-state index contributed by atoms with van der Waals surface area (Å²) in [6.07, 6.45) is -1.03. The first kappa shape index (κ1) is 15.6. The number of hydrogen-bond donors (Lipinski definition) is 1. The molecule has 1 rings (SSSR count). The van der Waals surface area contributed by atoms with Crippen LogP contribution < -0.4 is 19.9 Å². The van der Waals surface area contributed by atoms with Gasteiger partial charge in [0.05, 0.1) is 26.9 Å². The normalized spacial score (nSPS) is 11.4. The maximum absolute atomic E-state index is 11.9. The zero-order valence-corrected chi connectivity index (χ0v) is 11.8. The van der Waals surface area contributed by atoms with Crippen molar-refractivity contribution >= 4 is 11.9 Å². The number of primary amides is 1. The first-order valence-electron chi connectivity index (χ1n) is 5.74. The quantitative estimate of drug-likeness (QED) is 0.773. The number of methoxy groups -OCH3 is 3. The van der Waals surface area contributed by atoms with E-state index in [0.29, 0.717) is 17.2 Å². The lowest BCUT2D eigenvalue weighted by Gasteiger charge is -2.14. The van der Waals surface area contributed by atoms with Crippen LogP contribution in [0.2, 0.25) is 0 Å². The third kappa shape index (κ3) is 3.31. The summed E-state index contributed by atoms with van der Waals surface area (Å²) in [5.74, 6) is -0.466. The molecule has 7 nitrogen and oxygen atoms in total. The molecular formula is C13H17NO6. The number of amides is 1. The van der Waals surface area contributed by atoms with Crippen molar-refractivity contribution in [3.05, 3.63) is 17.7 Å². The second-order valence-electron chi connectivity index (χ2n) is 3.86. The molecule has 0 radical (unpaired) electrons. The van der Waals surface area contributed by atoms with Crippen LogP contribution in [0.15, 0.2) is 12.1 Å². The van der Waals surface area contributed by atoms with E-state index in [1.165, 1.54) is 40.4 Å². The number of hydrogen-bond acceptors (Lipinski definition) is 6. The molecule has 0 spiro atoms. The first-order chi connectivity index (χ1) is 9.44. The minimum Gasteiger partial charge on any atom is -0.493 e. The summed E-state index contributed by atoms with van der Waals surface area (Å²) in [6.45, 7) is 1.39. The fraction of sp³-hybridized carbons (Fsp3) is 0.385. The molecule has 1 aromatic carbocycles. The molecule has 7 heteroatoms. The van der Waals surface area contributed by atoms with Gasteiger partial charge in [0.2, 0.25) is 5.75 Å². The van der Waals surface area contributed by atoms with Gasteiger partial charge in [-0.25, -0.2) is 4.79 Å². The van der Waals surface area contributed by atoms with Gasteiger partial charge in [-0.05, 0) is 19.1 Å². The first-order valence-corrected chi connectivity index (χ1v) is 5.74. The van der Waals surface area contributed by atoms with Crippen molar-refractivity contribution in [2.24, 2.45) is 5.73 Å². The maximum atomic E-state index is 11.9. The predicted molar refractivity (Wildman–Crippen MR) is 70.2 cm³/mol. The minimum absolute atomic E-state index is 0.160. The Bertz CT molecular complexity index is 489.